The zero-order chi connectivity index (χ0) is 13.9. The lowest BCUT2D eigenvalue weighted by Crippen LogP contribution is -2.06. The lowest BCUT2D eigenvalue weighted by atomic mass is 10.3. The average Bonchev–Trinajstić information content (AvgIpc) is 2.77. The van der Waals surface area contributed by atoms with Crippen LogP contribution >= 0.6 is 11.8 Å². The fraction of sp³-hybridized carbons (Fsp3) is 0.300. The van der Waals surface area contributed by atoms with Gasteiger partial charge in [0.1, 0.15) is 15.6 Å². The van der Waals surface area contributed by atoms with Gasteiger partial charge in [0.2, 0.25) is 5.16 Å². The van der Waals surface area contributed by atoms with Crippen molar-refractivity contribution in [3.05, 3.63) is 24.3 Å². The molecule has 0 aliphatic heterocycles. The molecule has 0 fully saturated rings. The average molecular weight is 300 g/mol. The minimum absolute atomic E-state index is 0.0695. The van der Waals surface area contributed by atoms with Crippen LogP contribution in [0.15, 0.2) is 29.4 Å². The van der Waals surface area contributed by atoms with Crippen LogP contribution in [0.1, 0.15) is 0 Å². The van der Waals surface area contributed by atoms with Gasteiger partial charge in [-0.25, -0.2) is 8.42 Å². The van der Waals surface area contributed by atoms with Gasteiger partial charge in [-0.1, -0.05) is 11.8 Å². The Morgan fingerprint density at radius 2 is 2.00 bits per heavy atom. The Hall–Kier alpha value is -1.61. The number of benzene rings is 1. The second kappa shape index (κ2) is 5.57. The van der Waals surface area contributed by atoms with Gasteiger partial charge in [-0.3, -0.25) is 0 Å². The third kappa shape index (κ3) is 3.93. The van der Waals surface area contributed by atoms with Crippen LogP contribution < -0.4 is 0 Å². The lowest BCUT2D eigenvalue weighted by molar-refractivity contribution is 0.475. The standard InChI is InChI=1S/C10H12N4O3S2/c1-19(16,17)7-6-18-10-11-12-13-14(10)8-2-4-9(15)5-3-8/h2-5,15H,6-7H2,1H3. The van der Waals surface area contributed by atoms with E-state index in [0.29, 0.717) is 16.6 Å². The van der Waals surface area contributed by atoms with Crippen molar-refractivity contribution in [3.8, 4) is 11.4 Å². The maximum atomic E-state index is 11.1. The molecule has 7 nitrogen and oxygen atoms in total. The summed E-state index contributed by atoms with van der Waals surface area (Å²) in [5.41, 5.74) is 0.699. The third-order valence-corrected chi connectivity index (χ3v) is 4.35. The first kappa shape index (κ1) is 13.8. The molecule has 0 atom stereocenters. The second-order valence-electron chi connectivity index (χ2n) is 3.87. The Bertz CT molecular complexity index is 652. The van der Waals surface area contributed by atoms with Crippen molar-refractivity contribution in [3.63, 3.8) is 0 Å². The van der Waals surface area contributed by atoms with Gasteiger partial charge in [-0.2, -0.15) is 4.68 Å². The van der Waals surface area contributed by atoms with Crippen LogP contribution in [0.5, 0.6) is 5.75 Å². The highest BCUT2D eigenvalue weighted by atomic mass is 32.2. The first-order valence-corrected chi connectivity index (χ1v) is 8.38. The number of aromatic hydroxyl groups is 1. The topological polar surface area (TPSA) is 98.0 Å². The molecule has 0 saturated heterocycles. The maximum Gasteiger partial charge on any atom is 0.214 e. The first-order valence-electron chi connectivity index (χ1n) is 5.34. The summed E-state index contributed by atoms with van der Waals surface area (Å²) in [7, 11) is -2.99. The number of nitrogens with zero attached hydrogens (tertiary/aromatic N) is 4. The van der Waals surface area contributed by atoms with Crippen molar-refractivity contribution >= 4 is 21.6 Å². The summed E-state index contributed by atoms with van der Waals surface area (Å²) < 4.78 is 23.6. The number of phenols is 1. The molecule has 2 aromatic rings. The van der Waals surface area contributed by atoms with E-state index < -0.39 is 9.84 Å². The Kier molecular flexibility index (Phi) is 4.05. The van der Waals surface area contributed by atoms with Gasteiger partial charge < -0.3 is 5.11 Å². The Morgan fingerprint density at radius 3 is 2.63 bits per heavy atom. The summed E-state index contributed by atoms with van der Waals surface area (Å²) >= 11 is 1.26. The molecule has 102 valence electrons. The fourth-order valence-corrected chi connectivity index (χ4v) is 3.39. The normalized spacial score (nSPS) is 11.6. The number of hydrogen-bond acceptors (Lipinski definition) is 7. The molecular weight excluding hydrogens is 288 g/mol. The number of aromatic nitrogens is 4. The number of hydrogen-bond donors (Lipinski definition) is 1. The van der Waals surface area contributed by atoms with Gasteiger partial charge in [-0.15, -0.1) is 5.10 Å². The van der Waals surface area contributed by atoms with Gasteiger partial charge in [0, 0.05) is 12.0 Å². The number of sulfone groups is 1. The van der Waals surface area contributed by atoms with E-state index in [-0.39, 0.29) is 11.5 Å². The van der Waals surface area contributed by atoms with Crippen LogP contribution in [0, 0.1) is 0 Å². The molecule has 1 aromatic carbocycles. The molecule has 19 heavy (non-hydrogen) atoms. The first-order chi connectivity index (χ1) is 8.96. The summed E-state index contributed by atoms with van der Waals surface area (Å²) in [6.45, 7) is 0. The zero-order valence-electron chi connectivity index (χ0n) is 10.1. The van der Waals surface area contributed by atoms with Crippen LogP contribution in [0.4, 0.5) is 0 Å². The van der Waals surface area contributed by atoms with Gasteiger partial charge in [0.15, 0.2) is 0 Å². The number of thioether (sulfide) groups is 1. The van der Waals surface area contributed by atoms with E-state index in [1.165, 1.54) is 34.8 Å². The van der Waals surface area contributed by atoms with Crippen LogP contribution in [0.2, 0.25) is 0 Å². The van der Waals surface area contributed by atoms with Crippen LogP contribution in [-0.2, 0) is 9.84 Å². The highest BCUT2D eigenvalue weighted by Crippen LogP contribution is 2.19. The molecular formula is C10H12N4O3S2. The quantitative estimate of drug-likeness (QED) is 0.803. The van der Waals surface area contributed by atoms with E-state index in [1.54, 1.807) is 12.1 Å². The largest absolute Gasteiger partial charge is 0.508 e. The summed E-state index contributed by atoms with van der Waals surface area (Å²) in [6.07, 6.45) is 1.19. The second-order valence-corrected chi connectivity index (χ2v) is 7.19. The van der Waals surface area contributed by atoms with Crippen molar-refractivity contribution in [2.75, 3.05) is 17.8 Å². The number of rotatable bonds is 5. The molecule has 1 aromatic heterocycles. The van der Waals surface area contributed by atoms with Crippen molar-refractivity contribution < 1.29 is 13.5 Å². The molecule has 0 aliphatic carbocycles. The van der Waals surface area contributed by atoms with E-state index in [9.17, 15) is 13.5 Å². The molecule has 2 rings (SSSR count). The predicted octanol–water partition coefficient (Wildman–Crippen LogP) is 0.505. The minimum atomic E-state index is -2.99. The van der Waals surface area contributed by atoms with Crippen LogP contribution in [0.25, 0.3) is 5.69 Å². The van der Waals surface area contributed by atoms with Crippen molar-refractivity contribution in [2.45, 2.75) is 5.16 Å². The van der Waals surface area contributed by atoms with Gasteiger partial charge in [0.05, 0.1) is 11.4 Å². The SMILES string of the molecule is CS(=O)(=O)CCSc1nnnn1-c1ccc(O)cc1. The molecule has 0 radical (unpaired) electrons. The summed E-state index contributed by atoms with van der Waals surface area (Å²) in [4.78, 5) is 0. The summed E-state index contributed by atoms with van der Waals surface area (Å²) in [6, 6.07) is 6.41. The third-order valence-electron chi connectivity index (χ3n) is 2.22. The van der Waals surface area contributed by atoms with Crippen LogP contribution in [0.3, 0.4) is 0 Å². The molecule has 0 bridgehead atoms. The van der Waals surface area contributed by atoms with E-state index in [1.807, 2.05) is 0 Å². The molecule has 1 heterocycles. The smallest absolute Gasteiger partial charge is 0.214 e. The van der Waals surface area contributed by atoms with Crippen molar-refractivity contribution in [2.24, 2.45) is 0 Å². The lowest BCUT2D eigenvalue weighted by Gasteiger charge is -2.03. The van der Waals surface area contributed by atoms with Gasteiger partial charge in [0.25, 0.3) is 0 Å². The van der Waals surface area contributed by atoms with E-state index in [2.05, 4.69) is 15.5 Å². The number of tetrazole rings is 1. The van der Waals surface area contributed by atoms with Crippen molar-refractivity contribution in [1.82, 2.24) is 20.2 Å². The molecule has 0 aliphatic rings. The molecule has 1 N–H and O–H groups in total. The molecule has 0 unspecified atom stereocenters. The Morgan fingerprint density at radius 1 is 1.32 bits per heavy atom. The molecule has 0 amide bonds. The van der Waals surface area contributed by atoms with E-state index in [4.69, 9.17) is 0 Å². The fourth-order valence-electron chi connectivity index (χ4n) is 1.31. The molecule has 9 heteroatoms. The summed E-state index contributed by atoms with van der Waals surface area (Å²) in [5.74, 6) is 0.611. The van der Waals surface area contributed by atoms with E-state index in [0.717, 1.165) is 0 Å². The van der Waals surface area contributed by atoms with Gasteiger partial charge >= 0.3 is 0 Å². The van der Waals surface area contributed by atoms with E-state index >= 15 is 0 Å². The monoisotopic (exact) mass is 300 g/mol. The van der Waals surface area contributed by atoms with Crippen molar-refractivity contribution in [1.29, 1.82) is 0 Å². The highest BCUT2D eigenvalue weighted by molar-refractivity contribution is 8.00. The van der Waals surface area contributed by atoms with Gasteiger partial charge in [-0.05, 0) is 34.7 Å². The minimum Gasteiger partial charge on any atom is -0.508 e. The predicted molar refractivity (Wildman–Crippen MR) is 71.3 cm³/mol. The maximum absolute atomic E-state index is 11.1. The highest BCUT2D eigenvalue weighted by Gasteiger charge is 2.10. The van der Waals surface area contributed by atoms with Crippen LogP contribution in [-0.4, -0.2) is 51.5 Å². The number of phenolic OH excluding ortho intramolecular Hbond substituents is 1. The Labute approximate surface area is 114 Å². The summed E-state index contributed by atoms with van der Waals surface area (Å²) in [5, 5.41) is 21.0. The zero-order valence-corrected chi connectivity index (χ0v) is 11.7. The Balaban J connectivity index is 2.12. The molecule has 0 spiro atoms. The molecule has 0 saturated carbocycles.